The van der Waals surface area contributed by atoms with Gasteiger partial charge in [0.2, 0.25) is 5.91 Å². The van der Waals surface area contributed by atoms with E-state index in [1.165, 1.54) is 16.8 Å². The van der Waals surface area contributed by atoms with Crippen LogP contribution in [0.1, 0.15) is 31.2 Å². The number of aryl methyl sites for hydroxylation is 2. The largest absolute Gasteiger partial charge is 0.368 e. The Morgan fingerprint density at radius 3 is 2.33 bits per heavy atom. The maximum atomic E-state index is 13.2. The fraction of sp³-hybridized carbons (Fsp3) is 0.481. The van der Waals surface area contributed by atoms with Gasteiger partial charge >= 0.3 is 0 Å². The number of carbonyl (C=O) groups excluding carboxylic acids is 1. The predicted octanol–water partition coefficient (Wildman–Crippen LogP) is 3.93. The first-order chi connectivity index (χ1) is 16.1. The van der Waals surface area contributed by atoms with Gasteiger partial charge in [-0.05, 0) is 64.0 Å². The van der Waals surface area contributed by atoms with Gasteiger partial charge in [-0.15, -0.1) is 0 Å². The number of nitrogens with zero attached hydrogens (tertiary/aromatic N) is 5. The number of imidazole rings is 1. The van der Waals surface area contributed by atoms with E-state index in [-0.39, 0.29) is 5.92 Å². The molecule has 2 aromatic carbocycles. The number of para-hydroxylation sites is 2. The lowest BCUT2D eigenvalue weighted by Gasteiger charge is -2.39. The Hall–Kier alpha value is -2.86. The molecule has 0 radical (unpaired) electrons. The number of hydrogen-bond donors (Lipinski definition) is 0. The highest BCUT2D eigenvalue weighted by Gasteiger charge is 2.31. The minimum Gasteiger partial charge on any atom is -0.368 e. The van der Waals surface area contributed by atoms with Gasteiger partial charge in [0.1, 0.15) is 5.82 Å². The molecule has 0 aliphatic carbocycles. The summed E-state index contributed by atoms with van der Waals surface area (Å²) >= 11 is 0. The monoisotopic (exact) mass is 445 g/mol. The van der Waals surface area contributed by atoms with Crippen LogP contribution >= 0.6 is 0 Å². The van der Waals surface area contributed by atoms with Crippen LogP contribution in [-0.4, -0.2) is 64.5 Å². The lowest BCUT2D eigenvalue weighted by atomic mass is 9.95. The van der Waals surface area contributed by atoms with Crippen LogP contribution < -0.4 is 4.90 Å². The summed E-state index contributed by atoms with van der Waals surface area (Å²) in [7, 11) is 0. The minimum absolute atomic E-state index is 0.164. The quantitative estimate of drug-likeness (QED) is 0.597. The third-order valence-corrected chi connectivity index (χ3v) is 7.34. The number of piperazine rings is 1. The maximum Gasteiger partial charge on any atom is 0.225 e. The minimum atomic E-state index is 0.164. The van der Waals surface area contributed by atoms with Crippen LogP contribution in [0.5, 0.6) is 0 Å². The Balaban J connectivity index is 1.13. The summed E-state index contributed by atoms with van der Waals surface area (Å²) in [5, 5.41) is 0. The SMILES string of the molecule is CCn1c(CN2CCC(C(=O)N3CCN(c4ccc(C)cc4)CC3)CC2)nc2ccccc21. The molecule has 2 aliphatic heterocycles. The van der Waals surface area contributed by atoms with Crippen molar-refractivity contribution in [1.82, 2.24) is 19.4 Å². The third-order valence-electron chi connectivity index (χ3n) is 7.34. The van der Waals surface area contributed by atoms with E-state index in [9.17, 15) is 4.79 Å². The molecule has 0 spiro atoms. The molecule has 33 heavy (non-hydrogen) atoms. The number of piperidine rings is 1. The number of carbonyl (C=O) groups is 1. The average molecular weight is 446 g/mol. The van der Waals surface area contributed by atoms with E-state index < -0.39 is 0 Å². The van der Waals surface area contributed by atoms with Crippen molar-refractivity contribution in [3.8, 4) is 0 Å². The first kappa shape index (κ1) is 22.0. The van der Waals surface area contributed by atoms with E-state index >= 15 is 0 Å². The molecule has 5 rings (SSSR count). The van der Waals surface area contributed by atoms with E-state index in [0.717, 1.165) is 76.5 Å². The van der Waals surface area contributed by atoms with Crippen molar-refractivity contribution in [1.29, 1.82) is 0 Å². The second-order valence-corrected chi connectivity index (χ2v) is 9.46. The molecule has 3 aromatic rings. The summed E-state index contributed by atoms with van der Waals surface area (Å²) in [5.41, 5.74) is 4.83. The molecule has 174 valence electrons. The van der Waals surface area contributed by atoms with Crippen LogP contribution in [0, 0.1) is 12.8 Å². The van der Waals surface area contributed by atoms with Gasteiger partial charge in [-0.1, -0.05) is 29.8 Å². The highest BCUT2D eigenvalue weighted by molar-refractivity contribution is 5.79. The zero-order chi connectivity index (χ0) is 22.8. The van der Waals surface area contributed by atoms with Gasteiger partial charge in [0.05, 0.1) is 17.6 Å². The van der Waals surface area contributed by atoms with E-state index in [1.54, 1.807) is 0 Å². The van der Waals surface area contributed by atoms with Crippen molar-refractivity contribution in [3.05, 3.63) is 59.9 Å². The fourth-order valence-corrected chi connectivity index (χ4v) is 5.34. The average Bonchev–Trinajstić information content (AvgIpc) is 3.21. The molecule has 3 heterocycles. The Labute approximate surface area is 196 Å². The van der Waals surface area contributed by atoms with Gasteiger partial charge in [0, 0.05) is 44.3 Å². The molecular formula is C27H35N5O. The second kappa shape index (κ2) is 9.56. The summed E-state index contributed by atoms with van der Waals surface area (Å²) in [6, 6.07) is 17.1. The van der Waals surface area contributed by atoms with Crippen molar-refractivity contribution in [2.75, 3.05) is 44.2 Å². The first-order valence-electron chi connectivity index (χ1n) is 12.4. The highest BCUT2D eigenvalue weighted by Crippen LogP contribution is 2.24. The number of likely N-dealkylation sites (tertiary alicyclic amines) is 1. The van der Waals surface area contributed by atoms with E-state index in [2.05, 4.69) is 81.6 Å². The summed E-state index contributed by atoms with van der Waals surface area (Å²) < 4.78 is 2.32. The number of aromatic nitrogens is 2. The summed E-state index contributed by atoms with van der Waals surface area (Å²) in [4.78, 5) is 25.0. The van der Waals surface area contributed by atoms with Crippen molar-refractivity contribution in [2.24, 2.45) is 5.92 Å². The van der Waals surface area contributed by atoms with Crippen molar-refractivity contribution >= 4 is 22.6 Å². The molecule has 0 atom stereocenters. The Morgan fingerprint density at radius 1 is 0.939 bits per heavy atom. The van der Waals surface area contributed by atoms with E-state index in [1.807, 2.05) is 0 Å². The normalized spacial score (nSPS) is 18.2. The van der Waals surface area contributed by atoms with Gasteiger partial charge in [-0.3, -0.25) is 9.69 Å². The second-order valence-electron chi connectivity index (χ2n) is 9.46. The fourth-order valence-electron chi connectivity index (χ4n) is 5.34. The standard InChI is InChI=1S/C27H35N5O/c1-3-32-25-7-5-4-6-24(25)28-26(32)20-29-14-12-22(13-15-29)27(33)31-18-16-30(17-19-31)23-10-8-21(2)9-11-23/h4-11,22H,3,12-20H2,1-2H3. The van der Waals surface area contributed by atoms with Crippen LogP contribution in [0.4, 0.5) is 5.69 Å². The molecule has 0 saturated carbocycles. The Bertz CT molecular complexity index is 1090. The van der Waals surface area contributed by atoms with Crippen molar-refractivity contribution in [2.45, 2.75) is 39.8 Å². The molecule has 0 unspecified atom stereocenters. The number of fused-ring (bicyclic) bond motifs is 1. The third kappa shape index (κ3) is 4.62. The molecule has 2 aliphatic rings. The Morgan fingerprint density at radius 2 is 1.64 bits per heavy atom. The zero-order valence-electron chi connectivity index (χ0n) is 19.9. The maximum absolute atomic E-state index is 13.2. The van der Waals surface area contributed by atoms with E-state index in [0.29, 0.717) is 5.91 Å². The molecule has 1 aromatic heterocycles. The molecule has 0 bridgehead atoms. The molecule has 2 saturated heterocycles. The Kier molecular flexibility index (Phi) is 6.36. The van der Waals surface area contributed by atoms with Crippen molar-refractivity contribution in [3.63, 3.8) is 0 Å². The van der Waals surface area contributed by atoms with Gasteiger partial charge in [0.25, 0.3) is 0 Å². The smallest absolute Gasteiger partial charge is 0.225 e. The number of hydrogen-bond acceptors (Lipinski definition) is 4. The highest BCUT2D eigenvalue weighted by atomic mass is 16.2. The first-order valence-corrected chi connectivity index (χ1v) is 12.4. The van der Waals surface area contributed by atoms with Crippen LogP contribution in [0.3, 0.4) is 0 Å². The molecule has 6 nitrogen and oxygen atoms in total. The molecular weight excluding hydrogens is 410 g/mol. The van der Waals surface area contributed by atoms with Gasteiger partial charge in [0.15, 0.2) is 0 Å². The molecule has 1 amide bonds. The topological polar surface area (TPSA) is 44.6 Å². The van der Waals surface area contributed by atoms with Crippen molar-refractivity contribution < 1.29 is 4.79 Å². The van der Waals surface area contributed by atoms with Crippen LogP contribution in [0.25, 0.3) is 11.0 Å². The predicted molar refractivity (Wildman–Crippen MR) is 133 cm³/mol. The summed E-state index contributed by atoms with van der Waals surface area (Å²) in [5.74, 6) is 1.66. The lowest BCUT2D eigenvalue weighted by Crippen LogP contribution is -2.51. The number of rotatable bonds is 5. The van der Waals surface area contributed by atoms with Crippen LogP contribution in [0.15, 0.2) is 48.5 Å². The number of benzene rings is 2. The molecule has 6 heteroatoms. The van der Waals surface area contributed by atoms with Gasteiger partial charge in [-0.2, -0.15) is 0 Å². The number of amides is 1. The molecule has 0 N–H and O–H groups in total. The number of anilines is 1. The lowest BCUT2D eigenvalue weighted by molar-refractivity contribution is -0.137. The van der Waals surface area contributed by atoms with Crippen LogP contribution in [-0.2, 0) is 17.9 Å². The molecule has 2 fully saturated rings. The van der Waals surface area contributed by atoms with E-state index in [4.69, 9.17) is 4.98 Å². The zero-order valence-corrected chi connectivity index (χ0v) is 19.9. The van der Waals surface area contributed by atoms with Gasteiger partial charge < -0.3 is 14.4 Å². The van der Waals surface area contributed by atoms with Crippen LogP contribution in [0.2, 0.25) is 0 Å². The van der Waals surface area contributed by atoms with Gasteiger partial charge in [-0.25, -0.2) is 4.98 Å². The summed E-state index contributed by atoms with van der Waals surface area (Å²) in [6.45, 7) is 11.5. The summed E-state index contributed by atoms with van der Waals surface area (Å²) in [6.07, 6.45) is 1.90.